The average Bonchev–Trinajstić information content (AvgIpc) is 3.70. The minimum absolute atomic E-state index is 0.0382. The molecular weight excluding hydrogens is 675 g/mol. The smallest absolute Gasteiger partial charge is 0.246 e. The molecule has 4 N–H and O–H groups in total. The van der Waals surface area contributed by atoms with E-state index in [4.69, 9.17) is 28.9 Å². The highest BCUT2D eigenvalue weighted by Crippen LogP contribution is 2.46. The van der Waals surface area contributed by atoms with Gasteiger partial charge in [-0.1, -0.05) is 60.7 Å². The zero-order valence-corrected chi connectivity index (χ0v) is 28.7. The van der Waals surface area contributed by atoms with Gasteiger partial charge in [-0.05, 0) is 46.0 Å². The van der Waals surface area contributed by atoms with Crippen LogP contribution in [0.4, 0.5) is 17.1 Å². The van der Waals surface area contributed by atoms with Gasteiger partial charge in [0, 0.05) is 71.7 Å². The van der Waals surface area contributed by atoms with E-state index in [0.717, 1.165) is 27.5 Å². The van der Waals surface area contributed by atoms with Crippen LogP contribution in [0.25, 0.3) is 21.5 Å². The molecule has 0 radical (unpaired) electrons. The number of nitrogens with zero attached hydrogens (tertiary/aromatic N) is 3. The number of aromatic hydroxyl groups is 2. The van der Waals surface area contributed by atoms with Crippen LogP contribution in [0.1, 0.15) is 34.9 Å². The first-order valence-electron chi connectivity index (χ1n) is 16.5. The Kier molecular flexibility index (Phi) is 9.20. The lowest BCUT2D eigenvalue weighted by atomic mass is 9.95. The maximum atomic E-state index is 14.2. The van der Waals surface area contributed by atoms with Gasteiger partial charge in [0.2, 0.25) is 17.7 Å². The SMILES string of the molecule is Nc1ccc(CCC(=O)N(CC(=O)N2C[C@@H](CCl)c3c2cc(O)c2ccccc32)CC(=O)N2C[C@@H](CCl)c3c2cc(O)c2ccccc32)cc1. The molecule has 0 aliphatic carbocycles. The molecule has 0 aromatic heterocycles. The highest BCUT2D eigenvalue weighted by atomic mass is 35.5. The molecule has 0 spiro atoms. The minimum Gasteiger partial charge on any atom is -0.507 e. The molecule has 11 heteroatoms. The van der Waals surface area contributed by atoms with E-state index >= 15 is 0 Å². The molecule has 256 valence electrons. The maximum absolute atomic E-state index is 14.2. The fourth-order valence-electron chi connectivity index (χ4n) is 7.40. The Bertz CT molecular complexity index is 2020. The number of halogens is 2. The van der Waals surface area contributed by atoms with E-state index in [9.17, 15) is 24.6 Å². The Hall–Kier alpha value is -4.99. The summed E-state index contributed by atoms with van der Waals surface area (Å²) in [5.74, 6) is -0.947. The van der Waals surface area contributed by atoms with E-state index in [-0.39, 0.29) is 73.6 Å². The molecule has 5 aromatic rings. The third-order valence-electron chi connectivity index (χ3n) is 9.88. The Labute approximate surface area is 299 Å². The van der Waals surface area contributed by atoms with Gasteiger partial charge in [0.1, 0.15) is 24.6 Å². The summed E-state index contributed by atoms with van der Waals surface area (Å²) in [6.45, 7) is -0.181. The Morgan fingerprint density at radius 1 is 0.700 bits per heavy atom. The first-order chi connectivity index (χ1) is 24.2. The van der Waals surface area contributed by atoms with E-state index < -0.39 is 11.8 Å². The van der Waals surface area contributed by atoms with Gasteiger partial charge in [0.05, 0.1) is 11.4 Å². The first-order valence-corrected chi connectivity index (χ1v) is 17.6. The third-order valence-corrected chi connectivity index (χ3v) is 10.6. The van der Waals surface area contributed by atoms with Gasteiger partial charge in [-0.2, -0.15) is 0 Å². The van der Waals surface area contributed by atoms with Crippen LogP contribution in [0, 0.1) is 0 Å². The first kappa shape index (κ1) is 33.5. The average molecular weight is 712 g/mol. The van der Waals surface area contributed by atoms with Crippen LogP contribution in [0.2, 0.25) is 0 Å². The summed E-state index contributed by atoms with van der Waals surface area (Å²) in [4.78, 5) is 46.6. The lowest BCUT2D eigenvalue weighted by Crippen LogP contribution is -2.48. The van der Waals surface area contributed by atoms with Gasteiger partial charge >= 0.3 is 0 Å². The van der Waals surface area contributed by atoms with Crippen molar-refractivity contribution in [1.29, 1.82) is 0 Å². The summed E-state index contributed by atoms with van der Waals surface area (Å²) in [6, 6.07) is 25.2. The van der Waals surface area contributed by atoms with Crippen LogP contribution in [-0.2, 0) is 20.8 Å². The number of carbonyl (C=O) groups excluding carboxylic acids is 3. The quantitative estimate of drug-likeness (QED) is 0.119. The van der Waals surface area contributed by atoms with Gasteiger partial charge in [0.25, 0.3) is 0 Å². The molecule has 0 saturated heterocycles. The van der Waals surface area contributed by atoms with Crippen molar-refractivity contribution >= 4 is 79.5 Å². The zero-order valence-electron chi connectivity index (χ0n) is 27.2. The molecule has 50 heavy (non-hydrogen) atoms. The van der Waals surface area contributed by atoms with Crippen molar-refractivity contribution < 1.29 is 24.6 Å². The number of phenolic OH excluding ortho intramolecular Hbond substituents is 2. The molecule has 2 aliphatic heterocycles. The molecule has 0 saturated carbocycles. The number of nitrogens with two attached hydrogens (primary N) is 1. The van der Waals surface area contributed by atoms with Crippen LogP contribution >= 0.6 is 23.2 Å². The number of nitrogen functional groups attached to an aromatic ring is 1. The lowest BCUT2D eigenvalue weighted by molar-refractivity contribution is -0.138. The summed E-state index contributed by atoms with van der Waals surface area (Å²) in [5.41, 5.74) is 10.2. The highest BCUT2D eigenvalue weighted by molar-refractivity contribution is 6.19. The van der Waals surface area contributed by atoms with Crippen molar-refractivity contribution in [3.63, 3.8) is 0 Å². The Morgan fingerprint density at radius 3 is 1.58 bits per heavy atom. The fourth-order valence-corrected chi connectivity index (χ4v) is 7.90. The molecule has 0 fully saturated rings. The van der Waals surface area contributed by atoms with Crippen molar-refractivity contribution in [1.82, 2.24) is 4.90 Å². The number of aryl methyl sites for hydroxylation is 1. The predicted molar refractivity (Wildman–Crippen MR) is 199 cm³/mol. The molecule has 5 aromatic carbocycles. The molecule has 2 atom stereocenters. The topological polar surface area (TPSA) is 127 Å². The summed E-state index contributed by atoms with van der Waals surface area (Å²) in [7, 11) is 0. The summed E-state index contributed by atoms with van der Waals surface area (Å²) >= 11 is 12.8. The summed E-state index contributed by atoms with van der Waals surface area (Å²) in [5, 5.41) is 24.7. The number of amides is 3. The number of benzene rings is 5. The van der Waals surface area contributed by atoms with Crippen molar-refractivity contribution in [3.05, 3.63) is 102 Å². The number of hydrogen-bond acceptors (Lipinski definition) is 6. The zero-order chi connectivity index (χ0) is 35.1. The molecule has 3 amide bonds. The molecule has 7 rings (SSSR count). The van der Waals surface area contributed by atoms with E-state index in [2.05, 4.69) is 0 Å². The number of carbonyl (C=O) groups is 3. The third kappa shape index (κ3) is 6.05. The van der Waals surface area contributed by atoms with Crippen LogP contribution < -0.4 is 15.5 Å². The maximum Gasteiger partial charge on any atom is 0.246 e. The largest absolute Gasteiger partial charge is 0.507 e. The Balaban J connectivity index is 1.19. The van der Waals surface area contributed by atoms with Gasteiger partial charge in [0.15, 0.2) is 0 Å². The van der Waals surface area contributed by atoms with Gasteiger partial charge in [-0.25, -0.2) is 0 Å². The number of alkyl halides is 2. The van der Waals surface area contributed by atoms with Crippen molar-refractivity contribution in [2.24, 2.45) is 0 Å². The van der Waals surface area contributed by atoms with E-state index in [1.54, 1.807) is 34.1 Å². The van der Waals surface area contributed by atoms with E-state index in [0.29, 0.717) is 34.3 Å². The monoisotopic (exact) mass is 710 g/mol. The number of rotatable bonds is 9. The van der Waals surface area contributed by atoms with Gasteiger partial charge < -0.3 is 30.6 Å². The second kappa shape index (κ2) is 13.7. The summed E-state index contributed by atoms with van der Waals surface area (Å²) in [6.07, 6.45) is 0.447. The van der Waals surface area contributed by atoms with Crippen LogP contribution in [0.5, 0.6) is 11.5 Å². The number of anilines is 3. The lowest BCUT2D eigenvalue weighted by Gasteiger charge is -2.28. The normalized spacial score (nSPS) is 16.5. The van der Waals surface area contributed by atoms with Gasteiger partial charge in [-0.3, -0.25) is 14.4 Å². The highest BCUT2D eigenvalue weighted by Gasteiger charge is 2.38. The molecule has 9 nitrogen and oxygen atoms in total. The molecule has 0 unspecified atom stereocenters. The van der Waals surface area contributed by atoms with Crippen molar-refractivity contribution in [2.45, 2.75) is 24.7 Å². The van der Waals surface area contributed by atoms with Gasteiger partial charge in [-0.15, -0.1) is 23.2 Å². The van der Waals surface area contributed by atoms with Crippen molar-refractivity contribution in [3.8, 4) is 11.5 Å². The number of phenols is 2. The van der Waals surface area contributed by atoms with Crippen LogP contribution in [0.15, 0.2) is 84.9 Å². The van der Waals surface area contributed by atoms with Crippen LogP contribution in [-0.4, -0.2) is 70.8 Å². The molecule has 0 bridgehead atoms. The predicted octanol–water partition coefficient (Wildman–Crippen LogP) is 6.49. The number of fused-ring (bicyclic) bond motifs is 6. The second-order valence-corrected chi connectivity index (χ2v) is 13.6. The fraction of sp³-hybridized carbons (Fsp3) is 0.256. The Morgan fingerprint density at radius 2 is 1.14 bits per heavy atom. The second-order valence-electron chi connectivity index (χ2n) is 13.0. The minimum atomic E-state index is -0.397. The molecular formula is C39H36Cl2N4O5. The summed E-state index contributed by atoms with van der Waals surface area (Å²) < 4.78 is 0. The molecule has 2 heterocycles. The molecule has 2 aliphatic rings. The van der Waals surface area contributed by atoms with Crippen LogP contribution in [0.3, 0.4) is 0 Å². The van der Waals surface area contributed by atoms with Crippen molar-refractivity contribution in [2.75, 3.05) is 53.5 Å². The standard InChI is InChI=1S/C39H36Cl2N4O5/c40-17-24-19-44(31-15-33(46)27-5-1-3-7-29(27)38(24)31)36(49)21-43(35(48)14-11-23-9-12-26(42)13-10-23)22-37(50)45-20-25(18-41)39-30-8-4-2-6-28(30)34(47)16-32(39)45/h1-10,12-13,15-16,24-25,46-47H,11,14,17-22,42H2/t24-,25-/m1/s1. The number of hydrogen-bond donors (Lipinski definition) is 3. The van der Waals surface area contributed by atoms with E-state index in [1.165, 1.54) is 4.90 Å². The van der Waals surface area contributed by atoms with E-state index in [1.807, 2.05) is 60.7 Å².